The normalized spacial score (nSPS) is 10.7. The third kappa shape index (κ3) is 2.44. The predicted octanol–water partition coefficient (Wildman–Crippen LogP) is 3.62. The molecule has 0 bridgehead atoms. The molecule has 20 heavy (non-hydrogen) atoms. The van der Waals surface area contributed by atoms with E-state index in [1.54, 1.807) is 24.8 Å². The highest BCUT2D eigenvalue weighted by molar-refractivity contribution is 7.18. The average Bonchev–Trinajstić information content (AvgIpc) is 2.86. The molecule has 0 saturated carbocycles. The number of hydrogen-bond donors (Lipinski definition) is 1. The maximum Gasteiger partial charge on any atom is 0.138 e. The molecule has 0 aliphatic rings. The molecule has 5 heteroatoms. The van der Waals surface area contributed by atoms with Crippen molar-refractivity contribution in [3.05, 3.63) is 47.1 Å². The number of thiophene rings is 1. The second kappa shape index (κ2) is 5.46. The van der Waals surface area contributed by atoms with E-state index in [2.05, 4.69) is 28.3 Å². The lowest BCUT2D eigenvalue weighted by atomic mass is 10.2. The first kappa shape index (κ1) is 12.9. The number of aromatic nitrogens is 2. The summed E-state index contributed by atoms with van der Waals surface area (Å²) in [6.07, 6.45) is 1.60. The minimum atomic E-state index is 0.672. The molecule has 0 saturated heterocycles. The van der Waals surface area contributed by atoms with Crippen LogP contribution in [0.5, 0.6) is 5.75 Å². The largest absolute Gasteiger partial charge is 0.496 e. The van der Waals surface area contributed by atoms with Crippen molar-refractivity contribution in [2.24, 2.45) is 0 Å². The van der Waals surface area contributed by atoms with Crippen LogP contribution in [0.3, 0.4) is 0 Å². The highest BCUT2D eigenvalue weighted by Crippen LogP contribution is 2.28. The van der Waals surface area contributed by atoms with Crippen LogP contribution in [0.15, 0.2) is 36.7 Å². The van der Waals surface area contributed by atoms with Gasteiger partial charge in [0.1, 0.15) is 22.7 Å². The Bertz CT molecular complexity index is 739. The number of anilines is 1. The topological polar surface area (TPSA) is 47.0 Å². The van der Waals surface area contributed by atoms with Crippen molar-refractivity contribution in [2.45, 2.75) is 13.5 Å². The van der Waals surface area contributed by atoms with Crippen LogP contribution >= 0.6 is 11.3 Å². The molecule has 0 aliphatic carbocycles. The summed E-state index contributed by atoms with van der Waals surface area (Å²) in [4.78, 5) is 10.9. The molecular formula is C15H15N3OS. The number of rotatable bonds is 4. The summed E-state index contributed by atoms with van der Waals surface area (Å²) in [7, 11) is 1.68. The fourth-order valence-corrected chi connectivity index (χ4v) is 2.99. The van der Waals surface area contributed by atoms with Gasteiger partial charge in [-0.05, 0) is 19.1 Å². The van der Waals surface area contributed by atoms with Gasteiger partial charge < -0.3 is 10.1 Å². The molecule has 102 valence electrons. The first-order valence-corrected chi connectivity index (χ1v) is 7.16. The second-order valence-electron chi connectivity index (χ2n) is 4.46. The number of ether oxygens (including phenoxy) is 1. The number of nitrogens with zero attached hydrogens (tertiary/aromatic N) is 2. The van der Waals surface area contributed by atoms with Crippen LogP contribution in [-0.2, 0) is 6.54 Å². The lowest BCUT2D eigenvalue weighted by Gasteiger charge is -2.10. The lowest BCUT2D eigenvalue weighted by Crippen LogP contribution is -2.03. The molecule has 3 rings (SSSR count). The van der Waals surface area contributed by atoms with Gasteiger partial charge in [0, 0.05) is 17.0 Å². The van der Waals surface area contributed by atoms with Gasteiger partial charge in [-0.25, -0.2) is 9.97 Å². The van der Waals surface area contributed by atoms with Crippen molar-refractivity contribution < 1.29 is 4.74 Å². The van der Waals surface area contributed by atoms with E-state index in [1.807, 2.05) is 24.3 Å². The van der Waals surface area contributed by atoms with Crippen LogP contribution in [0.25, 0.3) is 10.2 Å². The van der Waals surface area contributed by atoms with Gasteiger partial charge in [0.25, 0.3) is 0 Å². The van der Waals surface area contributed by atoms with Gasteiger partial charge in [0.15, 0.2) is 0 Å². The predicted molar refractivity (Wildman–Crippen MR) is 82.5 cm³/mol. The second-order valence-corrected chi connectivity index (χ2v) is 5.70. The van der Waals surface area contributed by atoms with Crippen LogP contribution in [-0.4, -0.2) is 17.1 Å². The van der Waals surface area contributed by atoms with E-state index in [1.165, 1.54) is 4.88 Å². The number of methoxy groups -OCH3 is 1. The minimum Gasteiger partial charge on any atom is -0.496 e. The van der Waals surface area contributed by atoms with Crippen molar-refractivity contribution in [1.82, 2.24) is 9.97 Å². The van der Waals surface area contributed by atoms with Crippen molar-refractivity contribution in [3.63, 3.8) is 0 Å². The van der Waals surface area contributed by atoms with E-state index in [4.69, 9.17) is 4.74 Å². The molecule has 0 fully saturated rings. The van der Waals surface area contributed by atoms with Gasteiger partial charge in [-0.2, -0.15) is 0 Å². The van der Waals surface area contributed by atoms with E-state index in [9.17, 15) is 0 Å². The van der Waals surface area contributed by atoms with Gasteiger partial charge in [0.05, 0.1) is 12.5 Å². The van der Waals surface area contributed by atoms with Crippen LogP contribution < -0.4 is 10.1 Å². The molecule has 0 spiro atoms. The summed E-state index contributed by atoms with van der Waals surface area (Å²) in [6.45, 7) is 2.75. The van der Waals surface area contributed by atoms with Crippen LogP contribution in [0.4, 0.5) is 5.82 Å². The maximum atomic E-state index is 5.35. The standard InChI is InChI=1S/C15H15N3OS/c1-10-7-12-14(17-9-18-15(12)20-10)16-8-11-5-3-4-6-13(11)19-2/h3-7,9H,8H2,1-2H3,(H,16,17,18). The number of hydrogen-bond acceptors (Lipinski definition) is 5. The van der Waals surface area contributed by atoms with Crippen molar-refractivity contribution in [2.75, 3.05) is 12.4 Å². The van der Waals surface area contributed by atoms with Gasteiger partial charge in [-0.3, -0.25) is 0 Å². The van der Waals surface area contributed by atoms with Gasteiger partial charge >= 0.3 is 0 Å². The van der Waals surface area contributed by atoms with Crippen molar-refractivity contribution in [3.8, 4) is 5.75 Å². The van der Waals surface area contributed by atoms with Crippen molar-refractivity contribution >= 4 is 27.4 Å². The SMILES string of the molecule is COc1ccccc1CNc1ncnc2sc(C)cc12. The molecule has 0 radical (unpaired) electrons. The van der Waals surface area contributed by atoms with Gasteiger partial charge in [-0.1, -0.05) is 18.2 Å². The molecular weight excluding hydrogens is 270 g/mol. The summed E-state index contributed by atoms with van der Waals surface area (Å²) in [5.41, 5.74) is 1.11. The molecule has 1 aromatic carbocycles. The summed E-state index contributed by atoms with van der Waals surface area (Å²) in [5, 5.41) is 4.44. The Balaban J connectivity index is 1.87. The smallest absolute Gasteiger partial charge is 0.138 e. The fourth-order valence-electron chi connectivity index (χ4n) is 2.14. The van der Waals surface area contributed by atoms with Gasteiger partial charge in [-0.15, -0.1) is 11.3 Å². The van der Waals surface area contributed by atoms with Crippen LogP contribution in [0.1, 0.15) is 10.4 Å². The highest BCUT2D eigenvalue weighted by Gasteiger charge is 2.07. The molecule has 0 aliphatic heterocycles. The Morgan fingerprint density at radius 1 is 1.25 bits per heavy atom. The number of para-hydroxylation sites is 1. The monoisotopic (exact) mass is 285 g/mol. The quantitative estimate of drug-likeness (QED) is 0.795. The highest BCUT2D eigenvalue weighted by atomic mass is 32.1. The zero-order valence-corrected chi connectivity index (χ0v) is 12.2. The van der Waals surface area contributed by atoms with E-state index in [-0.39, 0.29) is 0 Å². The first-order chi connectivity index (χ1) is 9.78. The summed E-state index contributed by atoms with van der Waals surface area (Å²) < 4.78 is 5.35. The lowest BCUT2D eigenvalue weighted by molar-refractivity contribution is 0.410. The Hall–Kier alpha value is -2.14. The zero-order valence-electron chi connectivity index (χ0n) is 11.4. The Morgan fingerprint density at radius 3 is 2.95 bits per heavy atom. The third-order valence-corrected chi connectivity index (χ3v) is 4.05. The minimum absolute atomic E-state index is 0.672. The molecule has 4 nitrogen and oxygen atoms in total. The zero-order chi connectivity index (χ0) is 13.9. The molecule has 2 heterocycles. The van der Waals surface area contributed by atoms with Crippen LogP contribution in [0, 0.1) is 6.92 Å². The number of nitrogens with one attached hydrogen (secondary N) is 1. The maximum absolute atomic E-state index is 5.35. The molecule has 0 atom stereocenters. The average molecular weight is 285 g/mol. The third-order valence-electron chi connectivity index (χ3n) is 3.09. The fraction of sp³-hybridized carbons (Fsp3) is 0.200. The summed E-state index contributed by atoms with van der Waals surface area (Å²) >= 11 is 1.68. The molecule has 3 aromatic rings. The van der Waals surface area contributed by atoms with E-state index in [0.717, 1.165) is 27.3 Å². The van der Waals surface area contributed by atoms with Gasteiger partial charge in [0.2, 0.25) is 0 Å². The Kier molecular flexibility index (Phi) is 3.52. The Morgan fingerprint density at radius 2 is 2.10 bits per heavy atom. The van der Waals surface area contributed by atoms with E-state index >= 15 is 0 Å². The molecule has 2 aromatic heterocycles. The number of benzene rings is 1. The molecule has 0 amide bonds. The first-order valence-electron chi connectivity index (χ1n) is 6.35. The molecule has 0 unspecified atom stereocenters. The van der Waals surface area contributed by atoms with Crippen molar-refractivity contribution in [1.29, 1.82) is 0 Å². The Labute approximate surface area is 121 Å². The number of fused-ring (bicyclic) bond motifs is 1. The van der Waals surface area contributed by atoms with E-state index < -0.39 is 0 Å². The van der Waals surface area contributed by atoms with Crippen LogP contribution in [0.2, 0.25) is 0 Å². The molecule has 1 N–H and O–H groups in total. The number of aryl methyl sites for hydroxylation is 1. The summed E-state index contributed by atoms with van der Waals surface area (Å²) in [5.74, 6) is 1.75. The van der Waals surface area contributed by atoms with E-state index in [0.29, 0.717) is 6.54 Å². The summed E-state index contributed by atoms with van der Waals surface area (Å²) in [6, 6.07) is 10.1.